The zero-order chi connectivity index (χ0) is 10.0. The molecular weight excluding hydrogens is 172 g/mol. The Morgan fingerprint density at radius 3 is 2.50 bits per heavy atom. The summed E-state index contributed by atoms with van der Waals surface area (Å²) in [5.41, 5.74) is 0.450. The van der Waals surface area contributed by atoms with Gasteiger partial charge in [0.05, 0.1) is 0 Å². The Bertz CT molecular complexity index is 177. The fourth-order valence-electron chi connectivity index (χ4n) is 2.91. The van der Waals surface area contributed by atoms with Crippen molar-refractivity contribution in [1.29, 1.82) is 0 Å². The quantitative estimate of drug-likeness (QED) is 0.669. The third kappa shape index (κ3) is 2.12. The first-order valence-corrected chi connectivity index (χ1v) is 6.20. The molecule has 1 atom stereocenters. The number of hydrogen-bond donors (Lipinski definition) is 2. The number of hydrogen-bond acceptors (Lipinski definition) is 2. The van der Waals surface area contributed by atoms with Crippen LogP contribution in [0.3, 0.4) is 0 Å². The number of piperazine rings is 1. The molecule has 1 aliphatic carbocycles. The molecule has 1 saturated heterocycles. The van der Waals surface area contributed by atoms with Crippen molar-refractivity contribution in [2.24, 2.45) is 5.92 Å². The molecular formula is C12H24N2. The summed E-state index contributed by atoms with van der Waals surface area (Å²) in [7, 11) is 0. The number of nitrogens with one attached hydrogen (secondary N) is 2. The molecule has 2 rings (SSSR count). The van der Waals surface area contributed by atoms with E-state index in [1.54, 1.807) is 0 Å². The molecule has 0 bridgehead atoms. The third-order valence-electron chi connectivity index (χ3n) is 3.93. The second-order valence-corrected chi connectivity index (χ2v) is 5.47. The Hall–Kier alpha value is -0.0800. The molecule has 0 unspecified atom stereocenters. The number of rotatable bonds is 1. The molecule has 1 saturated carbocycles. The monoisotopic (exact) mass is 196 g/mol. The van der Waals surface area contributed by atoms with E-state index >= 15 is 0 Å². The summed E-state index contributed by atoms with van der Waals surface area (Å²) in [6, 6.07) is 0.682. The van der Waals surface area contributed by atoms with E-state index in [2.05, 4.69) is 24.5 Å². The van der Waals surface area contributed by atoms with Gasteiger partial charge < -0.3 is 10.6 Å². The second kappa shape index (κ2) is 4.19. The van der Waals surface area contributed by atoms with Gasteiger partial charge in [-0.05, 0) is 18.8 Å². The Labute approximate surface area is 87.8 Å². The van der Waals surface area contributed by atoms with Gasteiger partial charge >= 0.3 is 0 Å². The Balaban J connectivity index is 1.97. The third-order valence-corrected chi connectivity index (χ3v) is 3.93. The lowest BCUT2D eigenvalue weighted by molar-refractivity contribution is 0.146. The highest BCUT2D eigenvalue weighted by Gasteiger charge is 2.37. The average Bonchev–Trinajstić information content (AvgIpc) is 2.19. The molecule has 2 fully saturated rings. The van der Waals surface area contributed by atoms with E-state index in [1.807, 2.05) is 0 Å². The van der Waals surface area contributed by atoms with E-state index < -0.39 is 0 Å². The van der Waals surface area contributed by atoms with Crippen molar-refractivity contribution in [2.45, 2.75) is 57.5 Å². The van der Waals surface area contributed by atoms with E-state index in [-0.39, 0.29) is 0 Å². The fourth-order valence-corrected chi connectivity index (χ4v) is 2.91. The zero-order valence-electron chi connectivity index (χ0n) is 9.60. The summed E-state index contributed by atoms with van der Waals surface area (Å²) in [5, 5.41) is 7.52. The van der Waals surface area contributed by atoms with Gasteiger partial charge in [0.15, 0.2) is 0 Å². The maximum atomic E-state index is 3.91. The molecule has 1 aliphatic heterocycles. The van der Waals surface area contributed by atoms with Crippen molar-refractivity contribution >= 4 is 0 Å². The molecule has 14 heavy (non-hydrogen) atoms. The molecule has 0 radical (unpaired) electrons. The van der Waals surface area contributed by atoms with Gasteiger partial charge in [0.2, 0.25) is 0 Å². The van der Waals surface area contributed by atoms with Gasteiger partial charge in [-0.15, -0.1) is 0 Å². The van der Waals surface area contributed by atoms with Gasteiger partial charge in [-0.25, -0.2) is 0 Å². The Morgan fingerprint density at radius 2 is 1.86 bits per heavy atom. The normalized spacial score (nSPS) is 32.4. The predicted octanol–water partition coefficient (Wildman–Crippen LogP) is 1.91. The summed E-state index contributed by atoms with van der Waals surface area (Å²) < 4.78 is 0. The van der Waals surface area contributed by atoms with Crippen molar-refractivity contribution < 1.29 is 0 Å². The summed E-state index contributed by atoms with van der Waals surface area (Å²) in [5.74, 6) is 0.751. The van der Waals surface area contributed by atoms with Crippen LogP contribution in [0.2, 0.25) is 0 Å². The second-order valence-electron chi connectivity index (χ2n) is 5.47. The van der Waals surface area contributed by atoms with E-state index in [9.17, 15) is 0 Å². The van der Waals surface area contributed by atoms with Crippen LogP contribution in [0, 0.1) is 5.92 Å². The summed E-state index contributed by atoms with van der Waals surface area (Å²) in [4.78, 5) is 0. The average molecular weight is 196 g/mol. The minimum Gasteiger partial charge on any atom is -0.313 e. The largest absolute Gasteiger partial charge is 0.313 e. The lowest BCUT2D eigenvalue weighted by atomic mass is 9.79. The lowest BCUT2D eigenvalue weighted by Crippen LogP contribution is -2.65. The predicted molar refractivity (Wildman–Crippen MR) is 60.4 cm³/mol. The highest BCUT2D eigenvalue weighted by Crippen LogP contribution is 2.30. The molecule has 2 nitrogen and oxygen atoms in total. The Morgan fingerprint density at radius 1 is 1.14 bits per heavy atom. The summed E-state index contributed by atoms with van der Waals surface area (Å²) >= 11 is 0. The van der Waals surface area contributed by atoms with Gasteiger partial charge in [-0.2, -0.15) is 0 Å². The van der Waals surface area contributed by atoms with Crippen molar-refractivity contribution in [2.75, 3.05) is 13.1 Å². The van der Waals surface area contributed by atoms with Crippen LogP contribution < -0.4 is 10.6 Å². The molecule has 0 aromatic rings. The summed E-state index contributed by atoms with van der Waals surface area (Å²) in [6.07, 6.45) is 7.03. The van der Waals surface area contributed by atoms with Crippen LogP contribution in [0.15, 0.2) is 0 Å². The van der Waals surface area contributed by atoms with Gasteiger partial charge in [0.25, 0.3) is 0 Å². The molecule has 1 spiro atoms. The maximum Gasteiger partial charge on any atom is 0.0309 e. The van der Waals surface area contributed by atoms with Crippen LogP contribution in [-0.2, 0) is 0 Å². The first kappa shape index (κ1) is 10.4. The van der Waals surface area contributed by atoms with Crippen LogP contribution in [0.1, 0.15) is 46.0 Å². The first-order valence-electron chi connectivity index (χ1n) is 6.20. The van der Waals surface area contributed by atoms with Crippen molar-refractivity contribution in [1.82, 2.24) is 10.6 Å². The molecule has 2 aliphatic rings. The summed E-state index contributed by atoms with van der Waals surface area (Å²) in [6.45, 7) is 6.98. The van der Waals surface area contributed by atoms with Crippen LogP contribution in [0.25, 0.3) is 0 Å². The van der Waals surface area contributed by atoms with Crippen molar-refractivity contribution in [3.05, 3.63) is 0 Å². The molecule has 2 N–H and O–H groups in total. The van der Waals surface area contributed by atoms with E-state index in [0.717, 1.165) is 12.5 Å². The molecule has 0 amide bonds. The maximum absolute atomic E-state index is 3.91. The van der Waals surface area contributed by atoms with Gasteiger partial charge in [0.1, 0.15) is 0 Å². The first-order chi connectivity index (χ1) is 6.72. The molecule has 0 aromatic heterocycles. The smallest absolute Gasteiger partial charge is 0.0309 e. The van der Waals surface area contributed by atoms with Gasteiger partial charge in [-0.3, -0.25) is 0 Å². The molecule has 82 valence electrons. The van der Waals surface area contributed by atoms with Crippen LogP contribution in [-0.4, -0.2) is 24.7 Å². The Kier molecular flexibility index (Phi) is 3.13. The van der Waals surface area contributed by atoms with E-state index in [4.69, 9.17) is 0 Å². The zero-order valence-corrected chi connectivity index (χ0v) is 9.60. The molecule has 1 heterocycles. The molecule has 2 heteroatoms. The van der Waals surface area contributed by atoms with Crippen molar-refractivity contribution in [3.8, 4) is 0 Å². The minimum atomic E-state index is 0.450. The van der Waals surface area contributed by atoms with Crippen LogP contribution in [0.5, 0.6) is 0 Å². The highest BCUT2D eigenvalue weighted by atomic mass is 15.1. The lowest BCUT2D eigenvalue weighted by Gasteiger charge is -2.46. The van der Waals surface area contributed by atoms with Gasteiger partial charge in [0, 0.05) is 24.7 Å². The molecule has 0 aromatic carbocycles. The highest BCUT2D eigenvalue weighted by molar-refractivity contribution is 4.99. The SMILES string of the molecule is CC(C)[C@H]1CNCC2(CCCCC2)N1. The minimum absolute atomic E-state index is 0.450. The standard InChI is InChI=1S/C12H24N2/c1-10(2)11-8-13-9-12(14-11)6-4-3-5-7-12/h10-11,13-14H,3-9H2,1-2H3/t11-/m1/s1. The van der Waals surface area contributed by atoms with E-state index in [0.29, 0.717) is 11.6 Å². The van der Waals surface area contributed by atoms with Crippen LogP contribution >= 0.6 is 0 Å². The topological polar surface area (TPSA) is 24.1 Å². The fraction of sp³-hybridized carbons (Fsp3) is 1.00. The van der Waals surface area contributed by atoms with Crippen molar-refractivity contribution in [3.63, 3.8) is 0 Å². The van der Waals surface area contributed by atoms with Crippen LogP contribution in [0.4, 0.5) is 0 Å². The van der Waals surface area contributed by atoms with E-state index in [1.165, 1.54) is 38.6 Å². The van der Waals surface area contributed by atoms with Gasteiger partial charge in [-0.1, -0.05) is 33.1 Å².